The summed E-state index contributed by atoms with van der Waals surface area (Å²) in [5.41, 5.74) is 2.85. The first-order valence-corrected chi connectivity index (χ1v) is 7.29. The van der Waals surface area contributed by atoms with E-state index in [4.69, 9.17) is 9.84 Å². The SMILES string of the molecule is CCc1nc(COc2c(C)cc(C(=O)O)cc2C)cs1. The first kappa shape index (κ1) is 14.5. The van der Waals surface area contributed by atoms with E-state index in [-0.39, 0.29) is 5.56 Å². The molecule has 5 heteroatoms. The van der Waals surface area contributed by atoms with E-state index in [0.717, 1.165) is 34.0 Å². The molecule has 106 valence electrons. The molecule has 1 aromatic heterocycles. The summed E-state index contributed by atoms with van der Waals surface area (Å²) in [5.74, 6) is -0.184. The molecule has 0 amide bonds. The van der Waals surface area contributed by atoms with E-state index in [0.29, 0.717) is 6.61 Å². The van der Waals surface area contributed by atoms with E-state index in [9.17, 15) is 4.79 Å². The Morgan fingerprint density at radius 2 is 2.00 bits per heavy atom. The van der Waals surface area contributed by atoms with Gasteiger partial charge in [-0.1, -0.05) is 6.92 Å². The van der Waals surface area contributed by atoms with Crippen molar-refractivity contribution < 1.29 is 14.6 Å². The van der Waals surface area contributed by atoms with Gasteiger partial charge in [0.1, 0.15) is 12.4 Å². The molecule has 0 radical (unpaired) electrons. The van der Waals surface area contributed by atoms with Crippen LogP contribution in [0.25, 0.3) is 0 Å². The lowest BCUT2D eigenvalue weighted by atomic mass is 10.1. The Morgan fingerprint density at radius 3 is 2.50 bits per heavy atom. The summed E-state index contributed by atoms with van der Waals surface area (Å²) in [4.78, 5) is 15.4. The van der Waals surface area contributed by atoms with Gasteiger partial charge in [0, 0.05) is 5.38 Å². The lowest BCUT2D eigenvalue weighted by Gasteiger charge is -2.12. The second kappa shape index (κ2) is 6.05. The van der Waals surface area contributed by atoms with Crippen LogP contribution in [0.1, 0.15) is 39.1 Å². The zero-order valence-corrected chi connectivity index (χ0v) is 12.6. The summed E-state index contributed by atoms with van der Waals surface area (Å²) in [7, 11) is 0. The van der Waals surface area contributed by atoms with E-state index in [1.54, 1.807) is 23.5 Å². The highest BCUT2D eigenvalue weighted by molar-refractivity contribution is 7.09. The summed E-state index contributed by atoms with van der Waals surface area (Å²) in [6.45, 7) is 6.19. The molecule has 0 atom stereocenters. The maximum Gasteiger partial charge on any atom is 0.335 e. The zero-order valence-electron chi connectivity index (χ0n) is 11.8. The van der Waals surface area contributed by atoms with Crippen molar-refractivity contribution in [1.82, 2.24) is 4.98 Å². The minimum atomic E-state index is -0.921. The number of rotatable bonds is 5. The predicted molar refractivity (Wildman–Crippen MR) is 78.7 cm³/mol. The summed E-state index contributed by atoms with van der Waals surface area (Å²) < 4.78 is 5.80. The standard InChI is InChI=1S/C15H17NO3S/c1-4-13-16-12(8-20-13)7-19-14-9(2)5-11(15(17)18)6-10(14)3/h5-6,8H,4,7H2,1-3H3,(H,17,18). The Labute approximate surface area is 122 Å². The summed E-state index contributed by atoms with van der Waals surface area (Å²) in [6, 6.07) is 3.26. The Morgan fingerprint density at radius 1 is 1.35 bits per heavy atom. The second-order valence-electron chi connectivity index (χ2n) is 4.62. The van der Waals surface area contributed by atoms with Crippen LogP contribution in [-0.2, 0) is 13.0 Å². The monoisotopic (exact) mass is 291 g/mol. The normalized spacial score (nSPS) is 10.6. The molecule has 0 aliphatic carbocycles. The highest BCUT2D eigenvalue weighted by Gasteiger charge is 2.11. The molecule has 0 fully saturated rings. The molecule has 1 aromatic carbocycles. The largest absolute Gasteiger partial charge is 0.487 e. The van der Waals surface area contributed by atoms with Crippen LogP contribution in [0.5, 0.6) is 5.75 Å². The van der Waals surface area contributed by atoms with Gasteiger partial charge < -0.3 is 9.84 Å². The molecule has 4 nitrogen and oxygen atoms in total. The number of carboxylic acids is 1. The number of carbonyl (C=O) groups is 1. The molecule has 2 aromatic rings. The number of aryl methyl sites for hydroxylation is 3. The van der Waals surface area contributed by atoms with Gasteiger partial charge in [0.25, 0.3) is 0 Å². The van der Waals surface area contributed by atoms with Crippen LogP contribution < -0.4 is 4.74 Å². The molecule has 0 saturated carbocycles. The number of aromatic carboxylic acids is 1. The molecule has 0 aliphatic heterocycles. The van der Waals surface area contributed by atoms with Crippen molar-refractivity contribution in [3.63, 3.8) is 0 Å². The van der Waals surface area contributed by atoms with Gasteiger partial charge in [-0.05, 0) is 43.5 Å². The van der Waals surface area contributed by atoms with E-state index in [2.05, 4.69) is 11.9 Å². The van der Waals surface area contributed by atoms with Crippen LogP contribution in [-0.4, -0.2) is 16.1 Å². The summed E-state index contributed by atoms with van der Waals surface area (Å²) in [5, 5.41) is 12.1. The zero-order chi connectivity index (χ0) is 14.7. The van der Waals surface area contributed by atoms with Crippen molar-refractivity contribution in [1.29, 1.82) is 0 Å². The Hall–Kier alpha value is -1.88. The third kappa shape index (κ3) is 3.17. The molecular weight excluding hydrogens is 274 g/mol. The van der Waals surface area contributed by atoms with Gasteiger partial charge in [0.05, 0.1) is 16.3 Å². The third-order valence-corrected chi connectivity index (χ3v) is 4.02. The fraction of sp³-hybridized carbons (Fsp3) is 0.333. The van der Waals surface area contributed by atoms with Crippen LogP contribution in [0.3, 0.4) is 0 Å². The molecule has 0 spiro atoms. The number of hydrogen-bond donors (Lipinski definition) is 1. The molecule has 0 unspecified atom stereocenters. The second-order valence-corrected chi connectivity index (χ2v) is 5.56. The molecule has 2 rings (SSSR count). The minimum Gasteiger partial charge on any atom is -0.487 e. The molecule has 1 heterocycles. The number of aromatic nitrogens is 1. The van der Waals surface area contributed by atoms with Gasteiger partial charge in [0.15, 0.2) is 0 Å². The van der Waals surface area contributed by atoms with Crippen LogP contribution >= 0.6 is 11.3 Å². The van der Waals surface area contributed by atoms with Gasteiger partial charge in [-0.3, -0.25) is 0 Å². The van der Waals surface area contributed by atoms with Crippen molar-refractivity contribution in [2.24, 2.45) is 0 Å². The molecule has 20 heavy (non-hydrogen) atoms. The van der Waals surface area contributed by atoms with Crippen molar-refractivity contribution in [2.75, 3.05) is 0 Å². The predicted octanol–water partition coefficient (Wildman–Crippen LogP) is 3.60. The number of ether oxygens (including phenoxy) is 1. The van der Waals surface area contributed by atoms with Crippen molar-refractivity contribution in [3.8, 4) is 5.75 Å². The average Bonchev–Trinajstić information content (AvgIpc) is 2.85. The average molecular weight is 291 g/mol. The highest BCUT2D eigenvalue weighted by Crippen LogP contribution is 2.26. The van der Waals surface area contributed by atoms with Gasteiger partial charge in [0.2, 0.25) is 0 Å². The van der Waals surface area contributed by atoms with E-state index >= 15 is 0 Å². The number of nitrogens with zero attached hydrogens (tertiary/aromatic N) is 1. The van der Waals surface area contributed by atoms with Crippen LogP contribution in [0.2, 0.25) is 0 Å². The van der Waals surface area contributed by atoms with Gasteiger partial charge in [-0.15, -0.1) is 11.3 Å². The summed E-state index contributed by atoms with van der Waals surface area (Å²) in [6.07, 6.45) is 0.927. The topological polar surface area (TPSA) is 59.4 Å². The molecule has 0 bridgehead atoms. The number of thiazole rings is 1. The fourth-order valence-corrected chi connectivity index (χ4v) is 2.75. The van der Waals surface area contributed by atoms with Gasteiger partial charge in [-0.25, -0.2) is 9.78 Å². The number of benzene rings is 1. The third-order valence-electron chi connectivity index (χ3n) is 2.97. The van der Waals surface area contributed by atoms with Gasteiger partial charge in [-0.2, -0.15) is 0 Å². The maximum atomic E-state index is 11.0. The van der Waals surface area contributed by atoms with Crippen LogP contribution in [0.15, 0.2) is 17.5 Å². The molecule has 0 aliphatic rings. The smallest absolute Gasteiger partial charge is 0.335 e. The van der Waals surface area contributed by atoms with E-state index < -0.39 is 5.97 Å². The molecule has 1 N–H and O–H groups in total. The van der Waals surface area contributed by atoms with Gasteiger partial charge >= 0.3 is 5.97 Å². The van der Waals surface area contributed by atoms with Crippen molar-refractivity contribution >= 4 is 17.3 Å². The van der Waals surface area contributed by atoms with Crippen molar-refractivity contribution in [2.45, 2.75) is 33.8 Å². The minimum absolute atomic E-state index is 0.286. The highest BCUT2D eigenvalue weighted by atomic mass is 32.1. The Balaban J connectivity index is 2.15. The lowest BCUT2D eigenvalue weighted by molar-refractivity contribution is 0.0696. The number of carboxylic acid groups (broad SMARTS) is 1. The lowest BCUT2D eigenvalue weighted by Crippen LogP contribution is -2.03. The fourth-order valence-electron chi connectivity index (χ4n) is 2.03. The Kier molecular flexibility index (Phi) is 4.39. The van der Waals surface area contributed by atoms with Crippen molar-refractivity contribution in [3.05, 3.63) is 44.9 Å². The summed E-state index contributed by atoms with van der Waals surface area (Å²) >= 11 is 1.63. The quantitative estimate of drug-likeness (QED) is 0.914. The number of hydrogen-bond acceptors (Lipinski definition) is 4. The molecular formula is C15H17NO3S. The first-order valence-electron chi connectivity index (χ1n) is 6.42. The Bertz CT molecular complexity index is 611. The maximum absolute atomic E-state index is 11.0. The van der Waals surface area contributed by atoms with Crippen LogP contribution in [0, 0.1) is 13.8 Å². The van der Waals surface area contributed by atoms with E-state index in [1.165, 1.54) is 0 Å². The van der Waals surface area contributed by atoms with Crippen LogP contribution in [0.4, 0.5) is 0 Å². The van der Waals surface area contributed by atoms with E-state index in [1.807, 2.05) is 19.2 Å². The first-order chi connectivity index (χ1) is 9.51. The molecule has 0 saturated heterocycles.